The zero-order valence-electron chi connectivity index (χ0n) is 27.8. The van der Waals surface area contributed by atoms with Crippen LogP contribution in [0.15, 0.2) is 199 Å². The van der Waals surface area contributed by atoms with Crippen LogP contribution in [0.2, 0.25) is 0 Å². The molecule has 0 saturated heterocycles. The lowest BCUT2D eigenvalue weighted by Crippen LogP contribution is -2.11. The maximum atomic E-state index is 6.36. The summed E-state index contributed by atoms with van der Waals surface area (Å²) in [6.45, 7) is 0. The Kier molecular flexibility index (Phi) is 6.81. The van der Waals surface area contributed by atoms with E-state index < -0.39 is 0 Å². The monoisotopic (exact) mass is 652 g/mol. The number of aromatic nitrogens is 1. The molecule has 51 heavy (non-hydrogen) atoms. The molecule has 10 aromatic rings. The third-order valence-electron chi connectivity index (χ3n) is 10.0. The highest BCUT2D eigenvalue weighted by molar-refractivity contribution is 6.14. The topological polar surface area (TPSA) is 21.3 Å². The fraction of sp³-hybridized carbons (Fsp3) is 0. The average molecular weight is 653 g/mol. The highest BCUT2D eigenvalue weighted by Gasteiger charge is 2.22. The van der Waals surface area contributed by atoms with Gasteiger partial charge in [-0.15, -0.1) is 0 Å². The molecule has 240 valence electrons. The second-order valence-corrected chi connectivity index (χ2v) is 12.9. The van der Waals surface area contributed by atoms with Crippen LogP contribution >= 0.6 is 0 Å². The molecule has 0 atom stereocenters. The van der Waals surface area contributed by atoms with Gasteiger partial charge in [-0.1, -0.05) is 133 Å². The van der Waals surface area contributed by atoms with Gasteiger partial charge in [0.2, 0.25) is 0 Å². The summed E-state index contributed by atoms with van der Waals surface area (Å²) in [5, 5.41) is 4.70. The number of fused-ring (bicyclic) bond motifs is 6. The highest BCUT2D eigenvalue weighted by Crippen LogP contribution is 2.46. The first-order valence-electron chi connectivity index (χ1n) is 17.4. The Labute approximate surface area is 295 Å². The third-order valence-corrected chi connectivity index (χ3v) is 10.0. The first-order chi connectivity index (χ1) is 25.3. The van der Waals surface area contributed by atoms with Crippen molar-refractivity contribution in [2.75, 3.05) is 4.90 Å². The van der Waals surface area contributed by atoms with Gasteiger partial charge in [0.1, 0.15) is 11.2 Å². The predicted octanol–water partition coefficient (Wildman–Crippen LogP) is 13.5. The van der Waals surface area contributed by atoms with Gasteiger partial charge in [0.15, 0.2) is 0 Å². The summed E-state index contributed by atoms with van der Waals surface area (Å²) in [7, 11) is 0. The van der Waals surface area contributed by atoms with Crippen molar-refractivity contribution in [2.24, 2.45) is 0 Å². The second kappa shape index (κ2) is 11.9. The van der Waals surface area contributed by atoms with Crippen LogP contribution in [-0.2, 0) is 0 Å². The Morgan fingerprint density at radius 2 is 1.00 bits per heavy atom. The maximum Gasteiger partial charge on any atom is 0.136 e. The molecule has 0 aliphatic rings. The zero-order chi connectivity index (χ0) is 33.7. The smallest absolute Gasteiger partial charge is 0.136 e. The summed E-state index contributed by atoms with van der Waals surface area (Å²) in [5.74, 6) is 0. The Morgan fingerprint density at radius 3 is 1.84 bits per heavy atom. The van der Waals surface area contributed by atoms with Crippen LogP contribution in [0.25, 0.3) is 71.7 Å². The lowest BCUT2D eigenvalue weighted by Gasteiger charge is -2.28. The van der Waals surface area contributed by atoms with Gasteiger partial charge < -0.3 is 13.9 Å². The van der Waals surface area contributed by atoms with E-state index in [1.165, 1.54) is 27.4 Å². The van der Waals surface area contributed by atoms with Crippen LogP contribution in [0.3, 0.4) is 0 Å². The van der Waals surface area contributed by atoms with Crippen LogP contribution in [0.5, 0.6) is 0 Å². The number of hydrogen-bond acceptors (Lipinski definition) is 2. The highest BCUT2D eigenvalue weighted by atomic mass is 16.3. The second-order valence-electron chi connectivity index (χ2n) is 12.9. The van der Waals surface area contributed by atoms with Gasteiger partial charge in [-0.2, -0.15) is 0 Å². The summed E-state index contributed by atoms with van der Waals surface area (Å²) >= 11 is 0. The molecule has 2 heterocycles. The van der Waals surface area contributed by atoms with E-state index >= 15 is 0 Å². The van der Waals surface area contributed by atoms with E-state index in [4.69, 9.17) is 4.42 Å². The largest absolute Gasteiger partial charge is 0.456 e. The molecule has 0 aliphatic carbocycles. The number of anilines is 3. The Morgan fingerprint density at radius 1 is 0.392 bits per heavy atom. The predicted molar refractivity (Wildman–Crippen MR) is 214 cm³/mol. The van der Waals surface area contributed by atoms with Crippen LogP contribution in [0.4, 0.5) is 17.1 Å². The van der Waals surface area contributed by atoms with Crippen molar-refractivity contribution < 1.29 is 4.42 Å². The summed E-state index contributed by atoms with van der Waals surface area (Å²) in [4.78, 5) is 2.40. The van der Waals surface area contributed by atoms with E-state index in [1.54, 1.807) is 0 Å². The molecule has 0 unspecified atom stereocenters. The van der Waals surface area contributed by atoms with Crippen LogP contribution in [-0.4, -0.2) is 4.57 Å². The fourth-order valence-electron chi connectivity index (χ4n) is 7.71. The molecule has 0 aliphatic heterocycles. The number of para-hydroxylation sites is 4. The standard InChI is InChI=1S/C48H32N2O/c1-3-14-33(15-4-1)34-26-28-36(29-27-34)49(37-30-31-40-38-18-7-11-23-44(38)50(45(40)32-37)35-16-5-2-6-17-35)43-22-10-8-19-39(43)41-21-13-25-47-48(41)42-20-9-12-24-46(42)51-47/h1-32H. The molecule has 0 amide bonds. The summed E-state index contributed by atoms with van der Waals surface area (Å²) in [6.07, 6.45) is 0. The van der Waals surface area contributed by atoms with Crippen molar-refractivity contribution in [1.82, 2.24) is 4.57 Å². The van der Waals surface area contributed by atoms with Crippen LogP contribution in [0.1, 0.15) is 0 Å². The SMILES string of the molecule is c1ccc(-c2ccc(N(c3ccc4c5ccccc5n(-c5ccccc5)c4c3)c3ccccc3-c3cccc4oc5ccccc5c34)cc2)cc1. The summed E-state index contributed by atoms with van der Waals surface area (Å²) < 4.78 is 8.74. The van der Waals surface area contributed by atoms with Crippen molar-refractivity contribution in [1.29, 1.82) is 0 Å². The molecule has 10 rings (SSSR count). The van der Waals surface area contributed by atoms with Crippen LogP contribution < -0.4 is 4.90 Å². The third kappa shape index (κ3) is 4.82. The molecule has 0 saturated carbocycles. The van der Waals surface area contributed by atoms with Gasteiger partial charge in [-0.3, -0.25) is 0 Å². The summed E-state index contributed by atoms with van der Waals surface area (Å²) in [6, 6.07) is 69.2. The first-order valence-corrected chi connectivity index (χ1v) is 17.4. The molecule has 8 aromatic carbocycles. The zero-order valence-corrected chi connectivity index (χ0v) is 27.8. The first kappa shape index (κ1) is 29.1. The molecular weight excluding hydrogens is 621 g/mol. The normalized spacial score (nSPS) is 11.5. The quantitative estimate of drug-likeness (QED) is 0.178. The number of nitrogens with zero attached hydrogens (tertiary/aromatic N) is 2. The van der Waals surface area contributed by atoms with Gasteiger partial charge in [-0.05, 0) is 77.4 Å². The number of hydrogen-bond donors (Lipinski definition) is 0. The van der Waals surface area contributed by atoms with Gasteiger partial charge >= 0.3 is 0 Å². The number of benzene rings is 8. The van der Waals surface area contributed by atoms with Crippen molar-refractivity contribution >= 4 is 60.8 Å². The molecule has 0 spiro atoms. The van der Waals surface area contributed by atoms with E-state index in [9.17, 15) is 0 Å². The Hall–Kier alpha value is -6.84. The van der Waals surface area contributed by atoms with Gasteiger partial charge in [0.25, 0.3) is 0 Å². The van der Waals surface area contributed by atoms with Crippen molar-refractivity contribution in [3.8, 4) is 27.9 Å². The van der Waals surface area contributed by atoms with Crippen LogP contribution in [0, 0.1) is 0 Å². The molecule has 0 N–H and O–H groups in total. The Balaban J connectivity index is 1.23. The molecule has 2 aromatic heterocycles. The summed E-state index contributed by atoms with van der Waals surface area (Å²) in [5.41, 5.74) is 13.2. The average Bonchev–Trinajstić information content (AvgIpc) is 3.75. The van der Waals surface area contributed by atoms with Crippen molar-refractivity contribution in [2.45, 2.75) is 0 Å². The van der Waals surface area contributed by atoms with E-state index in [0.717, 1.165) is 61.3 Å². The van der Waals surface area contributed by atoms with E-state index in [2.05, 4.69) is 191 Å². The minimum atomic E-state index is 0.885. The minimum absolute atomic E-state index is 0.885. The van der Waals surface area contributed by atoms with E-state index in [-0.39, 0.29) is 0 Å². The molecular formula is C48H32N2O. The maximum absolute atomic E-state index is 6.36. The minimum Gasteiger partial charge on any atom is -0.456 e. The number of rotatable bonds is 6. The van der Waals surface area contributed by atoms with Crippen molar-refractivity contribution in [3.63, 3.8) is 0 Å². The molecule has 0 bridgehead atoms. The van der Waals surface area contributed by atoms with Gasteiger partial charge in [0, 0.05) is 44.2 Å². The van der Waals surface area contributed by atoms with Crippen molar-refractivity contribution in [3.05, 3.63) is 194 Å². The lowest BCUT2D eigenvalue weighted by atomic mass is 9.96. The molecule has 3 heteroatoms. The van der Waals surface area contributed by atoms with E-state index in [0.29, 0.717) is 0 Å². The fourth-order valence-corrected chi connectivity index (χ4v) is 7.71. The van der Waals surface area contributed by atoms with Gasteiger partial charge in [-0.25, -0.2) is 0 Å². The lowest BCUT2D eigenvalue weighted by molar-refractivity contribution is 0.669. The molecule has 0 radical (unpaired) electrons. The molecule has 0 fully saturated rings. The number of furan rings is 1. The Bertz CT molecular complexity index is 2850. The van der Waals surface area contributed by atoms with Gasteiger partial charge in [0.05, 0.1) is 16.7 Å². The molecule has 3 nitrogen and oxygen atoms in total. The van der Waals surface area contributed by atoms with E-state index in [1.807, 2.05) is 12.1 Å².